The van der Waals surface area contributed by atoms with Gasteiger partial charge in [0.2, 0.25) is 5.91 Å². The fraction of sp³-hybridized carbons (Fsp3) is 0.273. The van der Waals surface area contributed by atoms with Gasteiger partial charge in [-0.25, -0.2) is 19.5 Å². The van der Waals surface area contributed by atoms with Crippen molar-refractivity contribution in [3.8, 4) is 28.6 Å². The van der Waals surface area contributed by atoms with Crippen LogP contribution in [0.3, 0.4) is 0 Å². The molecule has 1 aromatic heterocycles. The van der Waals surface area contributed by atoms with Gasteiger partial charge in [-0.05, 0) is 73.4 Å². The van der Waals surface area contributed by atoms with E-state index in [-0.39, 0.29) is 23.8 Å². The molecule has 1 aliphatic rings. The van der Waals surface area contributed by atoms with Crippen molar-refractivity contribution in [1.82, 2.24) is 20.1 Å². The van der Waals surface area contributed by atoms with Gasteiger partial charge in [0.25, 0.3) is 0 Å². The highest BCUT2D eigenvalue weighted by molar-refractivity contribution is 8.15. The molecule has 5 rings (SSSR count). The number of aliphatic imine (C=N–C) groups is 1. The lowest BCUT2D eigenvalue weighted by Crippen LogP contribution is -2.36. The van der Waals surface area contributed by atoms with Crippen molar-refractivity contribution in [1.29, 1.82) is 0 Å². The summed E-state index contributed by atoms with van der Waals surface area (Å²) in [4.78, 5) is 35.8. The number of alkyl carbamates (subject to hydrolysis) is 1. The molecule has 2 heterocycles. The molecule has 0 bridgehead atoms. The van der Waals surface area contributed by atoms with E-state index in [1.807, 2.05) is 43.3 Å². The quantitative estimate of drug-likeness (QED) is 0.170. The summed E-state index contributed by atoms with van der Waals surface area (Å²) in [5, 5.41) is 7.74. The number of carbonyl (C=O) groups excluding carboxylic acids is 2. The number of anilines is 1. The Morgan fingerprint density at radius 3 is 2.45 bits per heavy atom. The van der Waals surface area contributed by atoms with Gasteiger partial charge in [0.15, 0.2) is 11.0 Å². The summed E-state index contributed by atoms with van der Waals surface area (Å²) in [5.41, 5.74) is 3.78. The van der Waals surface area contributed by atoms with E-state index in [1.165, 1.54) is 54.1 Å². The molecule has 16 heteroatoms. The summed E-state index contributed by atoms with van der Waals surface area (Å²) in [5.74, 6) is 0.902. The van der Waals surface area contributed by atoms with Crippen LogP contribution in [-0.4, -0.2) is 69.3 Å². The third kappa shape index (κ3) is 9.35. The Morgan fingerprint density at radius 1 is 1.08 bits per heavy atom. The number of alkyl halides is 3. The Kier molecular flexibility index (Phi) is 11.2. The fourth-order valence-electron chi connectivity index (χ4n) is 4.98. The Morgan fingerprint density at radius 2 is 1.80 bits per heavy atom. The lowest BCUT2D eigenvalue weighted by atomic mass is 10.0. The number of ether oxygens (including phenoxy) is 3. The second-order valence-electron chi connectivity index (χ2n) is 10.8. The fourth-order valence-corrected chi connectivity index (χ4v) is 6.21. The Balaban J connectivity index is 1.22. The predicted octanol–water partition coefficient (Wildman–Crippen LogP) is 6.66. The Bertz CT molecular complexity index is 1850. The predicted molar refractivity (Wildman–Crippen MR) is 183 cm³/mol. The average Bonchev–Trinajstić information content (AvgIpc) is 3.70. The van der Waals surface area contributed by atoms with Gasteiger partial charge in [-0.2, -0.15) is 0 Å². The van der Waals surface area contributed by atoms with Crippen LogP contribution in [0.2, 0.25) is 0 Å². The number of rotatable bonds is 11. The van der Waals surface area contributed by atoms with Gasteiger partial charge < -0.3 is 19.5 Å². The largest absolute Gasteiger partial charge is 0.573 e. The number of aromatic nitrogens is 3. The van der Waals surface area contributed by atoms with Crippen LogP contribution in [0.1, 0.15) is 24.0 Å². The number of hydrogen-bond acceptors (Lipinski definition) is 9. The summed E-state index contributed by atoms with van der Waals surface area (Å²) in [7, 11) is 2.86. The molecule has 1 fully saturated rings. The minimum absolute atomic E-state index is 0.108. The van der Waals surface area contributed by atoms with Crippen LogP contribution in [0.15, 0.2) is 78.0 Å². The van der Waals surface area contributed by atoms with Gasteiger partial charge in [0.1, 0.15) is 22.8 Å². The lowest BCUT2D eigenvalue weighted by molar-refractivity contribution is -0.274. The number of amidine groups is 1. The monoisotopic (exact) mass is 712 g/mol. The molecule has 0 saturated carbocycles. The van der Waals surface area contributed by atoms with Crippen LogP contribution >= 0.6 is 24.0 Å². The standard InChI is InChI=1S/C33H31F3N6O5S2/c1-20-16-26(45-2)14-15-27(20)42-29(43)18-49-31(42)39-28(48)17-23(38-32(44)46-3)9-6-21-4-7-22(8-5-21)30-37-19-41(40-30)24-10-12-25(13-11-24)47-33(34,35)36/h4-5,7-8,10-16,19,23H,6,9,17-18H2,1-3H3,(H,38,44). The van der Waals surface area contributed by atoms with Gasteiger partial charge >= 0.3 is 12.5 Å². The van der Waals surface area contributed by atoms with Crippen molar-refractivity contribution in [3.05, 3.63) is 84.2 Å². The summed E-state index contributed by atoms with van der Waals surface area (Å²) in [6.45, 7) is 1.89. The van der Waals surface area contributed by atoms with Gasteiger partial charge in [0.05, 0.1) is 31.3 Å². The first-order valence-electron chi connectivity index (χ1n) is 14.9. The number of nitrogens with one attached hydrogen (secondary N) is 1. The van der Waals surface area contributed by atoms with E-state index in [1.54, 1.807) is 18.1 Å². The minimum atomic E-state index is -4.77. The molecular weight excluding hydrogens is 682 g/mol. The number of nitrogens with zero attached hydrogens (tertiary/aromatic N) is 5. The highest BCUT2D eigenvalue weighted by atomic mass is 32.2. The zero-order valence-corrected chi connectivity index (χ0v) is 28.2. The normalized spacial score (nSPS) is 14.5. The van der Waals surface area contributed by atoms with E-state index in [0.29, 0.717) is 45.9 Å². The number of methoxy groups -OCH3 is 2. The minimum Gasteiger partial charge on any atom is -0.497 e. The summed E-state index contributed by atoms with van der Waals surface area (Å²) in [6.07, 6.45) is -2.54. The van der Waals surface area contributed by atoms with Crippen molar-refractivity contribution in [2.24, 2.45) is 4.99 Å². The number of thioether (sulfide) groups is 1. The van der Waals surface area contributed by atoms with Crippen molar-refractivity contribution in [3.63, 3.8) is 0 Å². The maximum atomic E-state index is 12.8. The number of carbonyl (C=O) groups is 2. The summed E-state index contributed by atoms with van der Waals surface area (Å²) < 4.78 is 52.9. The van der Waals surface area contributed by atoms with Gasteiger partial charge in [-0.15, -0.1) is 18.3 Å². The van der Waals surface area contributed by atoms with Gasteiger partial charge in [-0.1, -0.05) is 48.2 Å². The molecule has 1 unspecified atom stereocenters. The second kappa shape index (κ2) is 15.5. The number of amides is 2. The number of hydrogen-bond donors (Lipinski definition) is 1. The first-order chi connectivity index (χ1) is 23.4. The van der Waals surface area contributed by atoms with Crippen molar-refractivity contribution >= 4 is 51.8 Å². The maximum absolute atomic E-state index is 12.8. The average molecular weight is 713 g/mol. The molecule has 4 aromatic rings. The third-order valence-corrected chi connectivity index (χ3v) is 8.56. The lowest BCUT2D eigenvalue weighted by Gasteiger charge is -2.20. The first-order valence-corrected chi connectivity index (χ1v) is 16.3. The van der Waals surface area contributed by atoms with E-state index >= 15 is 0 Å². The third-order valence-electron chi connectivity index (χ3n) is 7.38. The van der Waals surface area contributed by atoms with Crippen molar-refractivity contribution < 1.29 is 37.0 Å². The van der Waals surface area contributed by atoms with E-state index in [9.17, 15) is 22.8 Å². The topological polar surface area (TPSA) is 120 Å². The van der Waals surface area contributed by atoms with E-state index < -0.39 is 18.5 Å². The number of thiocarbonyl (C=S) groups is 1. The zero-order valence-electron chi connectivity index (χ0n) is 26.6. The first kappa shape index (κ1) is 35.3. The van der Waals surface area contributed by atoms with E-state index in [0.717, 1.165) is 16.7 Å². The molecule has 0 spiro atoms. The van der Waals surface area contributed by atoms with E-state index in [4.69, 9.17) is 21.7 Å². The van der Waals surface area contributed by atoms with Crippen molar-refractivity contribution in [2.45, 2.75) is 38.6 Å². The highest BCUT2D eigenvalue weighted by Crippen LogP contribution is 2.32. The second-order valence-corrected chi connectivity index (χ2v) is 12.2. The molecule has 3 aromatic carbocycles. The molecule has 1 N–H and O–H groups in total. The van der Waals surface area contributed by atoms with E-state index in [2.05, 4.69) is 25.1 Å². The van der Waals surface area contributed by atoms with Crippen LogP contribution in [0, 0.1) is 6.92 Å². The van der Waals surface area contributed by atoms with Crippen LogP contribution in [0.5, 0.6) is 11.5 Å². The highest BCUT2D eigenvalue weighted by Gasteiger charge is 2.32. The molecule has 11 nitrogen and oxygen atoms in total. The summed E-state index contributed by atoms with van der Waals surface area (Å²) in [6, 6.07) is 17.9. The smallest absolute Gasteiger partial charge is 0.497 e. The molecule has 0 radical (unpaired) electrons. The molecule has 0 aliphatic carbocycles. The molecule has 1 atom stereocenters. The number of aryl methyl sites for hydroxylation is 2. The van der Waals surface area contributed by atoms with Crippen LogP contribution in [0.25, 0.3) is 17.1 Å². The summed E-state index contributed by atoms with van der Waals surface area (Å²) >= 11 is 6.92. The molecule has 2 amide bonds. The number of benzene rings is 3. The molecule has 1 saturated heterocycles. The maximum Gasteiger partial charge on any atom is 0.573 e. The molecular formula is C33H31F3N6O5S2. The molecule has 256 valence electrons. The SMILES string of the molecule is COC(=O)NC(CCc1ccc(-c2ncn(-c3ccc(OC(F)(F)F)cc3)n2)cc1)CC(=S)N=C1SCC(=O)N1c1ccc(OC)cc1C. The molecule has 49 heavy (non-hydrogen) atoms. The van der Waals surface area contributed by atoms with Crippen LogP contribution < -0.4 is 19.7 Å². The zero-order chi connectivity index (χ0) is 35.1. The number of halogens is 3. The van der Waals surface area contributed by atoms with Crippen LogP contribution in [-0.2, 0) is 16.0 Å². The Hall–Kier alpha value is -4.96. The van der Waals surface area contributed by atoms with Crippen molar-refractivity contribution in [2.75, 3.05) is 24.9 Å². The van der Waals surface area contributed by atoms with Gasteiger partial charge in [-0.3, -0.25) is 9.69 Å². The Labute approximate surface area is 289 Å². The van der Waals surface area contributed by atoms with Crippen LogP contribution in [0.4, 0.5) is 23.7 Å². The molecule has 1 aliphatic heterocycles. The van der Waals surface area contributed by atoms with Gasteiger partial charge in [0, 0.05) is 18.0 Å².